The van der Waals surface area contributed by atoms with Crippen LogP contribution in [0.5, 0.6) is 0 Å². The minimum absolute atomic E-state index is 0.122. The van der Waals surface area contributed by atoms with Crippen molar-refractivity contribution in [3.05, 3.63) is 46.8 Å². The molecular formula is C15H18N4O. The van der Waals surface area contributed by atoms with Crippen LogP contribution in [0.15, 0.2) is 41.2 Å². The Balaban J connectivity index is 1.93. The fourth-order valence-corrected chi connectivity index (χ4v) is 2.46. The van der Waals surface area contributed by atoms with Crippen molar-refractivity contribution in [2.75, 3.05) is 18.0 Å². The monoisotopic (exact) mass is 270 g/mol. The van der Waals surface area contributed by atoms with Crippen molar-refractivity contribution in [3.8, 4) is 11.3 Å². The summed E-state index contributed by atoms with van der Waals surface area (Å²) in [5.41, 5.74) is 7.45. The second-order valence-electron chi connectivity index (χ2n) is 5.14. The summed E-state index contributed by atoms with van der Waals surface area (Å²) >= 11 is 0. The summed E-state index contributed by atoms with van der Waals surface area (Å²) in [6.07, 6.45) is 1.86. The summed E-state index contributed by atoms with van der Waals surface area (Å²) in [6.45, 7) is 1.67. The molecule has 5 nitrogen and oxygen atoms in total. The van der Waals surface area contributed by atoms with Crippen molar-refractivity contribution in [2.45, 2.75) is 18.9 Å². The van der Waals surface area contributed by atoms with Crippen molar-refractivity contribution in [2.24, 2.45) is 5.73 Å². The van der Waals surface area contributed by atoms with E-state index in [1.165, 1.54) is 6.07 Å². The highest BCUT2D eigenvalue weighted by molar-refractivity contribution is 5.59. The Morgan fingerprint density at radius 3 is 2.60 bits per heavy atom. The van der Waals surface area contributed by atoms with Crippen molar-refractivity contribution >= 4 is 5.95 Å². The van der Waals surface area contributed by atoms with Gasteiger partial charge >= 0.3 is 0 Å². The van der Waals surface area contributed by atoms with Gasteiger partial charge in [-0.15, -0.1) is 0 Å². The van der Waals surface area contributed by atoms with Crippen LogP contribution in [0.25, 0.3) is 11.3 Å². The van der Waals surface area contributed by atoms with Crippen LogP contribution >= 0.6 is 0 Å². The largest absolute Gasteiger partial charge is 0.342 e. The number of hydrogen-bond donors (Lipinski definition) is 2. The van der Waals surface area contributed by atoms with Crippen LogP contribution < -0.4 is 16.2 Å². The molecule has 2 aromatic rings. The number of nitrogens with zero attached hydrogens (tertiary/aromatic N) is 2. The Morgan fingerprint density at radius 2 is 1.90 bits per heavy atom. The molecule has 1 aliphatic rings. The SMILES string of the molecule is NC1CCN(c2nc(-c3ccccc3)cc(=O)[nH]2)CC1. The zero-order valence-electron chi connectivity index (χ0n) is 11.2. The second kappa shape index (κ2) is 5.46. The second-order valence-corrected chi connectivity index (χ2v) is 5.14. The first-order chi connectivity index (χ1) is 9.72. The topological polar surface area (TPSA) is 75.0 Å². The first-order valence-corrected chi connectivity index (χ1v) is 6.90. The molecule has 3 rings (SSSR count). The number of nitrogens with two attached hydrogens (primary N) is 1. The lowest BCUT2D eigenvalue weighted by Gasteiger charge is -2.30. The fourth-order valence-electron chi connectivity index (χ4n) is 2.46. The van der Waals surface area contributed by atoms with Gasteiger partial charge < -0.3 is 10.6 Å². The minimum Gasteiger partial charge on any atom is -0.342 e. The molecule has 0 spiro atoms. The number of rotatable bonds is 2. The number of benzene rings is 1. The van der Waals surface area contributed by atoms with Crippen molar-refractivity contribution in [1.29, 1.82) is 0 Å². The summed E-state index contributed by atoms with van der Waals surface area (Å²) < 4.78 is 0. The molecule has 0 unspecified atom stereocenters. The number of anilines is 1. The number of nitrogens with one attached hydrogen (secondary N) is 1. The molecule has 2 heterocycles. The first-order valence-electron chi connectivity index (χ1n) is 6.90. The summed E-state index contributed by atoms with van der Waals surface area (Å²) in [5, 5.41) is 0. The number of H-pyrrole nitrogens is 1. The molecule has 0 amide bonds. The van der Waals surface area contributed by atoms with Crippen LogP contribution in [0.1, 0.15) is 12.8 Å². The van der Waals surface area contributed by atoms with Gasteiger partial charge in [-0.05, 0) is 12.8 Å². The number of aromatic nitrogens is 2. The molecule has 0 bridgehead atoms. The van der Waals surface area contributed by atoms with Gasteiger partial charge in [-0.2, -0.15) is 0 Å². The lowest BCUT2D eigenvalue weighted by molar-refractivity contribution is 0.495. The molecule has 0 saturated carbocycles. The van der Waals surface area contributed by atoms with E-state index in [9.17, 15) is 4.79 Å². The van der Waals surface area contributed by atoms with E-state index in [1.54, 1.807) is 0 Å². The third-order valence-corrected chi connectivity index (χ3v) is 3.64. The first kappa shape index (κ1) is 12.9. The van der Waals surface area contributed by atoms with Gasteiger partial charge in [0, 0.05) is 30.8 Å². The Kier molecular flexibility index (Phi) is 3.52. The zero-order valence-corrected chi connectivity index (χ0v) is 11.2. The lowest BCUT2D eigenvalue weighted by Crippen LogP contribution is -2.41. The maximum Gasteiger partial charge on any atom is 0.252 e. The quantitative estimate of drug-likeness (QED) is 0.864. The van der Waals surface area contributed by atoms with Gasteiger partial charge in [-0.3, -0.25) is 9.78 Å². The maximum atomic E-state index is 11.8. The Bertz CT molecular complexity index is 630. The minimum atomic E-state index is -0.122. The van der Waals surface area contributed by atoms with Crippen molar-refractivity contribution in [3.63, 3.8) is 0 Å². The molecule has 3 N–H and O–H groups in total. The van der Waals surface area contributed by atoms with Crippen LogP contribution in [0.3, 0.4) is 0 Å². The third-order valence-electron chi connectivity index (χ3n) is 3.64. The van der Waals surface area contributed by atoms with Crippen LogP contribution in [0.2, 0.25) is 0 Å². The molecule has 104 valence electrons. The highest BCUT2D eigenvalue weighted by Gasteiger charge is 2.18. The third kappa shape index (κ3) is 2.72. The standard InChI is InChI=1S/C15H18N4O/c16-12-6-8-19(9-7-12)15-17-13(10-14(20)18-15)11-4-2-1-3-5-11/h1-5,10,12H,6-9,16H2,(H,17,18,20). The number of hydrogen-bond acceptors (Lipinski definition) is 4. The van der Waals surface area contributed by atoms with Gasteiger partial charge in [0.2, 0.25) is 5.95 Å². The maximum absolute atomic E-state index is 11.8. The van der Waals surface area contributed by atoms with E-state index >= 15 is 0 Å². The number of piperidine rings is 1. The van der Waals surface area contributed by atoms with Gasteiger partial charge in [0.1, 0.15) is 0 Å². The van der Waals surface area contributed by atoms with Gasteiger partial charge in [-0.1, -0.05) is 30.3 Å². The molecule has 0 aliphatic carbocycles. The molecule has 1 aromatic carbocycles. The molecule has 0 atom stereocenters. The zero-order chi connectivity index (χ0) is 13.9. The summed E-state index contributed by atoms with van der Waals surface area (Å²) in [6, 6.07) is 11.5. The van der Waals surface area contributed by atoms with E-state index in [0.717, 1.165) is 31.5 Å². The van der Waals surface area contributed by atoms with Crippen molar-refractivity contribution in [1.82, 2.24) is 9.97 Å². The average Bonchev–Trinajstić information content (AvgIpc) is 2.48. The van der Waals surface area contributed by atoms with E-state index < -0.39 is 0 Å². The number of aromatic amines is 1. The summed E-state index contributed by atoms with van der Waals surface area (Å²) in [5.74, 6) is 0.642. The average molecular weight is 270 g/mol. The van der Waals surface area contributed by atoms with Gasteiger partial charge in [0.05, 0.1) is 5.69 Å². The van der Waals surface area contributed by atoms with Crippen LogP contribution in [-0.2, 0) is 0 Å². The highest BCUT2D eigenvalue weighted by atomic mass is 16.1. The fraction of sp³-hybridized carbons (Fsp3) is 0.333. The van der Waals surface area contributed by atoms with E-state index in [-0.39, 0.29) is 11.6 Å². The molecule has 1 saturated heterocycles. The van der Waals surface area contributed by atoms with Crippen LogP contribution in [0, 0.1) is 0 Å². The van der Waals surface area contributed by atoms with Crippen LogP contribution in [-0.4, -0.2) is 29.1 Å². The van der Waals surface area contributed by atoms with E-state index in [4.69, 9.17) is 5.73 Å². The van der Waals surface area contributed by atoms with Crippen molar-refractivity contribution < 1.29 is 0 Å². The molecule has 0 radical (unpaired) electrons. The summed E-state index contributed by atoms with van der Waals surface area (Å²) in [7, 11) is 0. The summed E-state index contributed by atoms with van der Waals surface area (Å²) in [4.78, 5) is 21.3. The molecule has 1 aliphatic heterocycles. The lowest BCUT2D eigenvalue weighted by atomic mass is 10.1. The normalized spacial score (nSPS) is 16.4. The Morgan fingerprint density at radius 1 is 1.20 bits per heavy atom. The Labute approximate surface area is 117 Å². The molecule has 1 fully saturated rings. The highest BCUT2D eigenvalue weighted by Crippen LogP contribution is 2.19. The van der Waals surface area contributed by atoms with E-state index in [2.05, 4.69) is 14.9 Å². The molecular weight excluding hydrogens is 252 g/mol. The smallest absolute Gasteiger partial charge is 0.252 e. The Hall–Kier alpha value is -2.14. The van der Waals surface area contributed by atoms with E-state index in [1.807, 2.05) is 30.3 Å². The molecule has 20 heavy (non-hydrogen) atoms. The van der Waals surface area contributed by atoms with Gasteiger partial charge in [0.15, 0.2) is 0 Å². The molecule has 5 heteroatoms. The van der Waals surface area contributed by atoms with Gasteiger partial charge in [-0.25, -0.2) is 4.98 Å². The predicted octanol–water partition coefficient (Wildman–Crippen LogP) is 1.36. The predicted molar refractivity (Wildman–Crippen MR) is 79.7 cm³/mol. The molecule has 1 aromatic heterocycles. The van der Waals surface area contributed by atoms with Gasteiger partial charge in [0.25, 0.3) is 5.56 Å². The van der Waals surface area contributed by atoms with E-state index in [0.29, 0.717) is 11.6 Å². The van der Waals surface area contributed by atoms with Crippen LogP contribution in [0.4, 0.5) is 5.95 Å².